The number of aryl methyl sites for hydroxylation is 2. The van der Waals surface area contributed by atoms with Gasteiger partial charge >= 0.3 is 12.1 Å². The number of pyridine rings is 1. The molecule has 0 spiro atoms. The molecule has 0 radical (unpaired) electrons. The third-order valence-corrected chi connectivity index (χ3v) is 12.0. The number of amides is 5. The Morgan fingerprint density at radius 3 is 1.94 bits per heavy atom. The van der Waals surface area contributed by atoms with Crippen LogP contribution in [0.3, 0.4) is 0 Å². The fourth-order valence-corrected chi connectivity index (χ4v) is 8.04. The van der Waals surface area contributed by atoms with Crippen LogP contribution in [0.2, 0.25) is 0 Å². The molecule has 1 heterocycles. The van der Waals surface area contributed by atoms with Gasteiger partial charge in [0.2, 0.25) is 5.91 Å². The minimum atomic E-state index is -1.26. The van der Waals surface area contributed by atoms with E-state index < -0.39 is 59.0 Å². The fourth-order valence-electron chi connectivity index (χ4n) is 8.04. The highest BCUT2D eigenvalue weighted by atomic mass is 16.5. The molecule has 0 aliphatic rings. The van der Waals surface area contributed by atoms with Crippen molar-refractivity contribution in [2.45, 2.75) is 98.0 Å². The minimum absolute atomic E-state index is 0.142. The lowest BCUT2D eigenvalue weighted by molar-refractivity contribution is -0.132. The van der Waals surface area contributed by atoms with Gasteiger partial charge in [0.1, 0.15) is 24.4 Å². The summed E-state index contributed by atoms with van der Waals surface area (Å²) in [6.45, 7) is 11.3. The highest BCUT2D eigenvalue weighted by molar-refractivity contribution is 5.88. The standard InChI is InChI=1S/C56H73N7O9/c1-55(2,3)49(60-53(67)58-31-32-72-43-22-16-21-38(33-43)19-15-20-40-26-29-47(69-7)48(35-40)70-8)51(65)59-45(34-39-17-11-10-12-18-39)46(64)37-63(62-52(66)50(56(4,5)6)61-54(68)71-9)36-41-24-27-42(28-25-41)44-23-13-14-30-57-44/h10-14,16-18,21-30,33,35,45-46,49-50,64H,15,19-20,31-32,34,36-37H2,1-9H3,(H,59,65)(H,61,68)(H,62,66)(H2,58,60,67). The average molecular weight is 988 g/mol. The molecule has 1 aromatic heterocycles. The van der Waals surface area contributed by atoms with E-state index in [0.717, 1.165) is 52.8 Å². The molecule has 0 aliphatic heterocycles. The fraction of sp³-hybridized carbons (Fsp3) is 0.411. The van der Waals surface area contributed by atoms with E-state index >= 15 is 0 Å². The smallest absolute Gasteiger partial charge is 0.407 e. The summed E-state index contributed by atoms with van der Waals surface area (Å²) < 4.78 is 21.6. The second-order valence-corrected chi connectivity index (χ2v) is 19.8. The monoisotopic (exact) mass is 988 g/mol. The Bertz CT molecular complexity index is 2500. The number of aromatic nitrogens is 1. The van der Waals surface area contributed by atoms with Gasteiger partial charge in [0.25, 0.3) is 5.91 Å². The number of aliphatic hydroxyl groups excluding tert-OH is 1. The Kier molecular flexibility index (Phi) is 20.8. The quantitative estimate of drug-likeness (QED) is 0.0265. The van der Waals surface area contributed by atoms with Crippen LogP contribution in [0.4, 0.5) is 9.59 Å². The summed E-state index contributed by atoms with van der Waals surface area (Å²) in [5, 5.41) is 25.1. The van der Waals surface area contributed by atoms with Gasteiger partial charge in [0.15, 0.2) is 11.5 Å². The first kappa shape index (κ1) is 55.8. The number of hydrogen-bond acceptors (Lipinski definition) is 11. The van der Waals surface area contributed by atoms with Crippen molar-refractivity contribution in [2.75, 3.05) is 41.0 Å². The Hall–Kier alpha value is -7.17. The highest BCUT2D eigenvalue weighted by Crippen LogP contribution is 2.29. The molecule has 0 bridgehead atoms. The zero-order chi connectivity index (χ0) is 52.3. The second kappa shape index (κ2) is 26.9. The first-order valence-electron chi connectivity index (χ1n) is 24.3. The number of hydrazine groups is 1. The topological polar surface area (TPSA) is 202 Å². The number of hydrogen-bond donors (Lipinski definition) is 6. The van der Waals surface area contributed by atoms with Crippen molar-refractivity contribution in [3.8, 4) is 28.5 Å². The SMILES string of the molecule is COC(=O)NC(C(=O)NN(Cc1ccc(-c2ccccn2)cc1)CC(O)C(Cc1ccccc1)NC(=O)C(NC(=O)NCCOc1cccc(CCCc2ccc(OC)c(OC)c2)c1)C(C)(C)C)C(C)(C)C. The van der Waals surface area contributed by atoms with Gasteiger partial charge < -0.3 is 45.3 Å². The lowest BCUT2D eigenvalue weighted by atomic mass is 9.85. The van der Waals surface area contributed by atoms with Crippen LogP contribution in [0.25, 0.3) is 11.3 Å². The molecule has 0 saturated heterocycles. The summed E-state index contributed by atoms with van der Waals surface area (Å²) in [4.78, 5) is 58.7. The van der Waals surface area contributed by atoms with Gasteiger partial charge in [-0.1, -0.05) is 120 Å². The largest absolute Gasteiger partial charge is 0.493 e. The van der Waals surface area contributed by atoms with Crippen molar-refractivity contribution in [1.82, 2.24) is 36.7 Å². The molecule has 16 nitrogen and oxygen atoms in total. The third kappa shape index (κ3) is 17.6. The number of rotatable bonds is 24. The van der Waals surface area contributed by atoms with Crippen LogP contribution in [0.1, 0.15) is 70.2 Å². The van der Waals surface area contributed by atoms with E-state index in [-0.39, 0.29) is 32.7 Å². The second-order valence-electron chi connectivity index (χ2n) is 19.8. The van der Waals surface area contributed by atoms with Gasteiger partial charge in [-0.25, -0.2) is 14.6 Å². The maximum absolute atomic E-state index is 14.4. The number of ether oxygens (including phenoxy) is 4. The maximum atomic E-state index is 14.4. The normalized spacial score (nSPS) is 13.2. The zero-order valence-electron chi connectivity index (χ0n) is 43.1. The Morgan fingerprint density at radius 2 is 1.31 bits per heavy atom. The minimum Gasteiger partial charge on any atom is -0.493 e. The van der Waals surface area contributed by atoms with E-state index in [1.807, 2.05) is 151 Å². The highest BCUT2D eigenvalue weighted by Gasteiger charge is 2.37. The number of benzene rings is 4. The predicted molar refractivity (Wildman–Crippen MR) is 278 cm³/mol. The molecule has 0 saturated carbocycles. The number of carbonyl (C=O) groups is 4. The Labute approximate surface area is 424 Å². The summed E-state index contributed by atoms with van der Waals surface area (Å²) in [6.07, 6.45) is 2.55. The van der Waals surface area contributed by atoms with E-state index in [1.165, 1.54) is 7.11 Å². The first-order chi connectivity index (χ1) is 34.4. The molecule has 5 amide bonds. The van der Waals surface area contributed by atoms with Crippen molar-refractivity contribution in [1.29, 1.82) is 0 Å². The molecule has 0 fully saturated rings. The molecule has 16 heteroatoms. The Morgan fingerprint density at radius 1 is 0.667 bits per heavy atom. The zero-order valence-corrected chi connectivity index (χ0v) is 43.1. The van der Waals surface area contributed by atoms with E-state index in [0.29, 0.717) is 17.2 Å². The molecule has 5 rings (SSSR count). The van der Waals surface area contributed by atoms with Gasteiger partial charge in [-0.05, 0) is 95.2 Å². The molecule has 0 aliphatic carbocycles. The van der Waals surface area contributed by atoms with Crippen molar-refractivity contribution < 1.29 is 43.2 Å². The van der Waals surface area contributed by atoms with Crippen molar-refractivity contribution in [3.05, 3.63) is 144 Å². The molecule has 4 unspecified atom stereocenters. The summed E-state index contributed by atoms with van der Waals surface area (Å²) in [7, 11) is 4.47. The number of nitrogens with zero attached hydrogens (tertiary/aromatic N) is 2. The number of nitrogens with one attached hydrogen (secondary N) is 5. The van der Waals surface area contributed by atoms with Crippen LogP contribution in [-0.4, -0.2) is 104 Å². The number of methoxy groups -OCH3 is 3. The number of urea groups is 1. The summed E-state index contributed by atoms with van der Waals surface area (Å²) in [6, 6.07) is 33.1. The lowest BCUT2D eigenvalue weighted by Gasteiger charge is -2.36. The summed E-state index contributed by atoms with van der Waals surface area (Å²) in [5.41, 5.74) is 7.08. The van der Waals surface area contributed by atoms with E-state index in [4.69, 9.17) is 18.9 Å². The van der Waals surface area contributed by atoms with Gasteiger partial charge in [-0.2, -0.15) is 0 Å². The van der Waals surface area contributed by atoms with Gasteiger partial charge in [0.05, 0.1) is 45.7 Å². The van der Waals surface area contributed by atoms with Crippen LogP contribution in [0, 0.1) is 10.8 Å². The maximum Gasteiger partial charge on any atom is 0.407 e. The molecule has 6 N–H and O–H groups in total. The van der Waals surface area contributed by atoms with Crippen molar-refractivity contribution in [3.63, 3.8) is 0 Å². The molecule has 386 valence electrons. The number of alkyl carbamates (subject to hydrolysis) is 1. The van der Waals surface area contributed by atoms with Crippen molar-refractivity contribution >= 4 is 23.9 Å². The van der Waals surface area contributed by atoms with Gasteiger partial charge in [-0.3, -0.25) is 20.0 Å². The first-order valence-corrected chi connectivity index (χ1v) is 24.3. The average Bonchev–Trinajstić information content (AvgIpc) is 3.35. The molecular weight excluding hydrogens is 915 g/mol. The van der Waals surface area contributed by atoms with Gasteiger partial charge in [0, 0.05) is 24.8 Å². The lowest BCUT2D eigenvalue weighted by Crippen LogP contribution is -2.61. The van der Waals surface area contributed by atoms with Crippen LogP contribution >= 0.6 is 0 Å². The third-order valence-electron chi connectivity index (χ3n) is 12.0. The van der Waals surface area contributed by atoms with Crippen LogP contribution in [0.15, 0.2) is 121 Å². The summed E-state index contributed by atoms with van der Waals surface area (Å²) >= 11 is 0. The van der Waals surface area contributed by atoms with Crippen LogP contribution in [0.5, 0.6) is 17.2 Å². The van der Waals surface area contributed by atoms with Crippen molar-refractivity contribution in [2.24, 2.45) is 10.8 Å². The van der Waals surface area contributed by atoms with Crippen LogP contribution in [-0.2, 0) is 40.1 Å². The molecule has 72 heavy (non-hydrogen) atoms. The molecule has 4 atom stereocenters. The predicted octanol–water partition coefficient (Wildman–Crippen LogP) is 7.43. The summed E-state index contributed by atoms with van der Waals surface area (Å²) in [5.74, 6) is 1.04. The van der Waals surface area contributed by atoms with E-state index in [9.17, 15) is 24.3 Å². The van der Waals surface area contributed by atoms with Gasteiger partial charge in [-0.15, -0.1) is 0 Å². The van der Waals surface area contributed by atoms with E-state index in [2.05, 4.69) is 37.7 Å². The Balaban J connectivity index is 1.25. The van der Waals surface area contributed by atoms with E-state index in [1.54, 1.807) is 25.4 Å². The number of carbonyl (C=O) groups excluding carboxylic acids is 4. The van der Waals surface area contributed by atoms with Crippen LogP contribution < -0.4 is 40.9 Å². The number of aliphatic hydroxyl groups is 1. The molecular formula is C56H73N7O9. The molecule has 4 aromatic carbocycles. The molecule has 5 aromatic rings.